The maximum absolute atomic E-state index is 12.0. The summed E-state index contributed by atoms with van der Waals surface area (Å²) < 4.78 is 29.1. The molecular weight excluding hydrogens is 396 g/mol. The second kappa shape index (κ2) is 9.16. The Kier molecular flexibility index (Phi) is 6.62. The standard InChI is InChI=1S/C18H24N6O4S/c1-23(29(2,26)27)13-18(25)21-15-5-3-14(4-6-15)20-17-11-16(12-19-22-17)24-7-9-28-10-8-24/h3-6,11-12H,7-10,13H2,1-2H3,(H,20,22)(H,21,25). The van der Waals surface area contributed by atoms with Gasteiger partial charge in [0.2, 0.25) is 15.9 Å². The number of sulfonamides is 1. The normalized spacial score (nSPS) is 14.7. The largest absolute Gasteiger partial charge is 0.378 e. The Morgan fingerprint density at radius 2 is 1.86 bits per heavy atom. The highest BCUT2D eigenvalue weighted by Crippen LogP contribution is 2.21. The van der Waals surface area contributed by atoms with Gasteiger partial charge in [-0.1, -0.05) is 0 Å². The quantitative estimate of drug-likeness (QED) is 0.678. The summed E-state index contributed by atoms with van der Waals surface area (Å²) in [6.07, 6.45) is 2.78. The van der Waals surface area contributed by atoms with E-state index in [0.717, 1.165) is 35.0 Å². The van der Waals surface area contributed by atoms with E-state index in [0.29, 0.717) is 24.7 Å². The molecule has 10 nitrogen and oxygen atoms in total. The van der Waals surface area contributed by atoms with Gasteiger partial charge >= 0.3 is 0 Å². The summed E-state index contributed by atoms with van der Waals surface area (Å²) in [7, 11) is -2.05. The average Bonchev–Trinajstić information content (AvgIpc) is 2.69. The summed E-state index contributed by atoms with van der Waals surface area (Å²) in [5.74, 6) is 0.197. The van der Waals surface area contributed by atoms with Crippen LogP contribution in [0.3, 0.4) is 0 Å². The minimum atomic E-state index is -3.40. The molecule has 0 aliphatic carbocycles. The molecule has 1 amide bonds. The molecule has 0 atom stereocenters. The van der Waals surface area contributed by atoms with E-state index < -0.39 is 15.9 Å². The smallest absolute Gasteiger partial charge is 0.239 e. The number of amides is 1. The third-order valence-corrected chi connectivity index (χ3v) is 5.65. The first-order valence-electron chi connectivity index (χ1n) is 9.05. The number of nitrogens with one attached hydrogen (secondary N) is 2. The molecule has 1 aromatic carbocycles. The SMILES string of the molecule is CN(CC(=O)Nc1ccc(Nc2cc(N3CCOCC3)cnn2)cc1)S(C)(=O)=O. The number of rotatable bonds is 7. The molecule has 1 fully saturated rings. The second-order valence-electron chi connectivity index (χ2n) is 6.67. The summed E-state index contributed by atoms with van der Waals surface area (Å²) in [6.45, 7) is 2.77. The molecule has 0 unspecified atom stereocenters. The van der Waals surface area contributed by atoms with Crippen molar-refractivity contribution in [3.63, 3.8) is 0 Å². The summed E-state index contributed by atoms with van der Waals surface area (Å²) >= 11 is 0. The van der Waals surface area contributed by atoms with Crippen molar-refractivity contribution in [1.29, 1.82) is 0 Å². The number of likely N-dealkylation sites (N-methyl/N-ethyl adjacent to an activating group) is 1. The number of ether oxygens (including phenoxy) is 1. The van der Waals surface area contributed by atoms with Crippen LogP contribution in [0.25, 0.3) is 0 Å². The van der Waals surface area contributed by atoms with Gasteiger partial charge in [0.05, 0.1) is 37.9 Å². The van der Waals surface area contributed by atoms with Crippen molar-refractivity contribution >= 4 is 38.8 Å². The number of carbonyl (C=O) groups excluding carboxylic acids is 1. The number of hydrogen-bond donors (Lipinski definition) is 2. The molecule has 11 heteroatoms. The maximum atomic E-state index is 12.0. The molecule has 0 bridgehead atoms. The molecule has 0 spiro atoms. The lowest BCUT2D eigenvalue weighted by atomic mass is 10.2. The van der Waals surface area contributed by atoms with Gasteiger partial charge in [0, 0.05) is 37.6 Å². The third-order valence-electron chi connectivity index (χ3n) is 4.39. The van der Waals surface area contributed by atoms with Crippen molar-refractivity contribution in [3.8, 4) is 0 Å². The van der Waals surface area contributed by atoms with Crippen LogP contribution < -0.4 is 15.5 Å². The minimum Gasteiger partial charge on any atom is -0.378 e. The van der Waals surface area contributed by atoms with Gasteiger partial charge in [-0.2, -0.15) is 9.40 Å². The van der Waals surface area contributed by atoms with Crippen molar-refractivity contribution in [1.82, 2.24) is 14.5 Å². The topological polar surface area (TPSA) is 117 Å². The molecule has 3 rings (SSSR count). The fraction of sp³-hybridized carbons (Fsp3) is 0.389. The van der Waals surface area contributed by atoms with E-state index in [-0.39, 0.29) is 6.54 Å². The van der Waals surface area contributed by atoms with Crippen molar-refractivity contribution in [2.45, 2.75) is 0 Å². The molecule has 156 valence electrons. The first-order valence-corrected chi connectivity index (χ1v) is 10.9. The zero-order valence-electron chi connectivity index (χ0n) is 16.3. The van der Waals surface area contributed by atoms with Crippen molar-refractivity contribution in [2.24, 2.45) is 0 Å². The van der Waals surface area contributed by atoms with Crippen molar-refractivity contribution in [3.05, 3.63) is 36.5 Å². The van der Waals surface area contributed by atoms with Crippen LogP contribution in [0.1, 0.15) is 0 Å². The Morgan fingerprint density at radius 3 is 2.52 bits per heavy atom. The molecule has 2 heterocycles. The van der Waals surface area contributed by atoms with Crippen LogP contribution in [0.15, 0.2) is 36.5 Å². The van der Waals surface area contributed by atoms with Crippen LogP contribution in [0.5, 0.6) is 0 Å². The molecule has 1 aromatic heterocycles. The molecule has 2 N–H and O–H groups in total. The van der Waals surface area contributed by atoms with Crippen LogP contribution in [0, 0.1) is 0 Å². The highest BCUT2D eigenvalue weighted by Gasteiger charge is 2.15. The van der Waals surface area contributed by atoms with Crippen molar-refractivity contribution in [2.75, 3.05) is 61.7 Å². The number of benzene rings is 1. The Balaban J connectivity index is 1.58. The van der Waals surface area contributed by atoms with Gasteiger partial charge in [-0.25, -0.2) is 8.42 Å². The first-order chi connectivity index (χ1) is 13.8. The molecule has 2 aromatic rings. The zero-order chi connectivity index (χ0) is 20.9. The second-order valence-corrected chi connectivity index (χ2v) is 8.76. The average molecular weight is 420 g/mol. The molecule has 1 saturated heterocycles. The number of morpholine rings is 1. The van der Waals surface area contributed by atoms with Gasteiger partial charge in [0.1, 0.15) is 0 Å². The lowest BCUT2D eigenvalue weighted by Gasteiger charge is -2.28. The van der Waals surface area contributed by atoms with Gasteiger partial charge < -0.3 is 20.3 Å². The van der Waals surface area contributed by atoms with E-state index in [9.17, 15) is 13.2 Å². The predicted molar refractivity (Wildman–Crippen MR) is 111 cm³/mol. The van der Waals surface area contributed by atoms with Crippen LogP contribution in [0.2, 0.25) is 0 Å². The third kappa shape index (κ3) is 6.11. The van der Waals surface area contributed by atoms with Crippen LogP contribution >= 0.6 is 0 Å². The first kappa shape index (κ1) is 21.0. The minimum absolute atomic E-state index is 0.247. The zero-order valence-corrected chi connectivity index (χ0v) is 17.1. The highest BCUT2D eigenvalue weighted by molar-refractivity contribution is 7.88. The number of aromatic nitrogens is 2. The molecule has 1 aliphatic heterocycles. The molecule has 0 saturated carbocycles. The number of nitrogens with zero attached hydrogens (tertiary/aromatic N) is 4. The van der Waals surface area contributed by atoms with Gasteiger partial charge in [0.25, 0.3) is 0 Å². The summed E-state index contributed by atoms with van der Waals surface area (Å²) in [6, 6.07) is 8.95. The summed E-state index contributed by atoms with van der Waals surface area (Å²) in [5.41, 5.74) is 2.32. The van der Waals surface area contributed by atoms with E-state index in [2.05, 4.69) is 25.7 Å². The molecular formula is C18H24N6O4S. The number of carbonyl (C=O) groups is 1. The fourth-order valence-corrected chi connectivity index (χ4v) is 3.07. The fourth-order valence-electron chi connectivity index (χ4n) is 2.72. The van der Waals surface area contributed by atoms with Gasteiger partial charge in [-0.05, 0) is 24.3 Å². The highest BCUT2D eigenvalue weighted by atomic mass is 32.2. The van der Waals surface area contributed by atoms with Crippen LogP contribution in [-0.4, -0.2) is 75.0 Å². The maximum Gasteiger partial charge on any atom is 0.239 e. The van der Waals surface area contributed by atoms with Crippen molar-refractivity contribution < 1.29 is 17.9 Å². The molecule has 1 aliphatic rings. The molecule has 0 radical (unpaired) electrons. The van der Waals surface area contributed by atoms with E-state index in [1.807, 2.05) is 6.07 Å². The Hall–Kier alpha value is -2.76. The van der Waals surface area contributed by atoms with Gasteiger partial charge in [0.15, 0.2) is 5.82 Å². The van der Waals surface area contributed by atoms with Gasteiger partial charge in [-0.3, -0.25) is 4.79 Å². The van der Waals surface area contributed by atoms with E-state index in [4.69, 9.17) is 4.74 Å². The van der Waals surface area contributed by atoms with E-state index >= 15 is 0 Å². The number of anilines is 4. The van der Waals surface area contributed by atoms with Crippen LogP contribution in [0.4, 0.5) is 22.9 Å². The Labute approximate surface area is 169 Å². The lowest BCUT2D eigenvalue weighted by Crippen LogP contribution is -2.36. The van der Waals surface area contributed by atoms with E-state index in [1.54, 1.807) is 30.5 Å². The van der Waals surface area contributed by atoms with Crippen LogP contribution in [-0.2, 0) is 19.6 Å². The monoisotopic (exact) mass is 420 g/mol. The predicted octanol–water partition coefficient (Wildman–Crippen LogP) is 0.887. The van der Waals surface area contributed by atoms with Gasteiger partial charge in [-0.15, -0.1) is 5.10 Å². The number of hydrogen-bond acceptors (Lipinski definition) is 8. The van der Waals surface area contributed by atoms with E-state index in [1.165, 1.54) is 7.05 Å². The molecule has 29 heavy (non-hydrogen) atoms. The lowest BCUT2D eigenvalue weighted by molar-refractivity contribution is -0.116. The Bertz CT molecular complexity index is 945. The Morgan fingerprint density at radius 1 is 1.21 bits per heavy atom. The summed E-state index contributed by atoms with van der Waals surface area (Å²) in [5, 5.41) is 14.0. The summed E-state index contributed by atoms with van der Waals surface area (Å²) in [4.78, 5) is 14.2.